The van der Waals surface area contributed by atoms with Crippen LogP contribution in [0.5, 0.6) is 0 Å². The van der Waals surface area contributed by atoms with E-state index in [1.165, 1.54) is 5.56 Å². The van der Waals surface area contributed by atoms with Crippen molar-refractivity contribution in [1.29, 1.82) is 0 Å². The monoisotopic (exact) mass is 320 g/mol. The minimum absolute atomic E-state index is 0.0798. The smallest absolute Gasteiger partial charge is 0.276 e. The first-order valence-corrected chi connectivity index (χ1v) is 7.77. The lowest BCUT2D eigenvalue weighted by Crippen LogP contribution is -2.29. The molecular formula is C18H16N4O2. The third kappa shape index (κ3) is 2.62. The number of carbonyl (C=O) groups excluding carboxylic acids is 1. The Kier molecular flexibility index (Phi) is 3.49. The van der Waals surface area contributed by atoms with Gasteiger partial charge in [-0.1, -0.05) is 23.4 Å². The van der Waals surface area contributed by atoms with Crippen LogP contribution in [0, 0.1) is 6.92 Å². The van der Waals surface area contributed by atoms with E-state index in [-0.39, 0.29) is 5.91 Å². The van der Waals surface area contributed by atoms with Crippen molar-refractivity contribution in [1.82, 2.24) is 10.1 Å². The topological polar surface area (TPSA) is 71.3 Å². The summed E-state index contributed by atoms with van der Waals surface area (Å²) >= 11 is 0. The molecule has 6 heteroatoms. The number of nitrogens with zero attached hydrogens (tertiary/aromatic N) is 3. The summed E-state index contributed by atoms with van der Waals surface area (Å²) in [4.78, 5) is 18.8. The highest BCUT2D eigenvalue weighted by molar-refractivity contribution is 6.06. The van der Waals surface area contributed by atoms with Gasteiger partial charge < -0.3 is 14.7 Å². The molecule has 1 aliphatic heterocycles. The Balaban J connectivity index is 1.52. The summed E-state index contributed by atoms with van der Waals surface area (Å²) in [6.07, 6.45) is 2.51. The summed E-state index contributed by atoms with van der Waals surface area (Å²) in [5.74, 6) is 1.26. The van der Waals surface area contributed by atoms with E-state index in [0.717, 1.165) is 23.6 Å². The number of fused-ring (bicyclic) bond motifs is 1. The van der Waals surface area contributed by atoms with Crippen molar-refractivity contribution < 1.29 is 9.32 Å². The van der Waals surface area contributed by atoms with E-state index in [1.54, 1.807) is 23.2 Å². The predicted octanol–water partition coefficient (Wildman–Crippen LogP) is 3.32. The van der Waals surface area contributed by atoms with Gasteiger partial charge in [0.2, 0.25) is 0 Å². The van der Waals surface area contributed by atoms with Crippen molar-refractivity contribution in [2.45, 2.75) is 13.3 Å². The van der Waals surface area contributed by atoms with E-state index >= 15 is 0 Å². The first-order valence-electron chi connectivity index (χ1n) is 7.77. The maximum atomic E-state index is 12.7. The van der Waals surface area contributed by atoms with Crippen LogP contribution in [0.1, 0.15) is 21.8 Å². The Bertz CT molecular complexity index is 886. The summed E-state index contributed by atoms with van der Waals surface area (Å²) in [6.45, 7) is 2.52. The molecule has 1 amide bonds. The highest BCUT2D eigenvalue weighted by Gasteiger charge is 2.25. The SMILES string of the molecule is Cc1cc(Nc2ccc(C(=O)N3CCc4ccccc43)nc2)no1. The molecule has 0 unspecified atom stereocenters. The molecule has 2 aromatic heterocycles. The predicted molar refractivity (Wildman–Crippen MR) is 90.6 cm³/mol. The number of carbonyl (C=O) groups is 1. The van der Waals surface area contributed by atoms with Crippen molar-refractivity contribution in [2.75, 3.05) is 16.8 Å². The second kappa shape index (κ2) is 5.81. The average Bonchev–Trinajstić information content (AvgIpc) is 3.21. The molecule has 0 radical (unpaired) electrons. The van der Waals surface area contributed by atoms with Crippen molar-refractivity contribution in [3.05, 3.63) is 65.7 Å². The fraction of sp³-hybridized carbons (Fsp3) is 0.167. The van der Waals surface area contributed by atoms with Crippen LogP contribution in [0.3, 0.4) is 0 Å². The van der Waals surface area contributed by atoms with Gasteiger partial charge in [0, 0.05) is 18.3 Å². The Morgan fingerprint density at radius 2 is 2.12 bits per heavy atom. The zero-order valence-corrected chi connectivity index (χ0v) is 13.2. The van der Waals surface area contributed by atoms with Crippen LogP contribution in [-0.4, -0.2) is 22.6 Å². The van der Waals surface area contributed by atoms with Crippen molar-refractivity contribution in [2.24, 2.45) is 0 Å². The fourth-order valence-corrected chi connectivity index (χ4v) is 2.85. The van der Waals surface area contributed by atoms with Crippen LogP contribution in [-0.2, 0) is 6.42 Å². The molecule has 0 saturated heterocycles. The van der Waals surface area contributed by atoms with Gasteiger partial charge in [0.05, 0.1) is 11.9 Å². The molecule has 1 aliphatic rings. The minimum atomic E-state index is -0.0798. The molecule has 0 fully saturated rings. The molecule has 4 rings (SSSR count). The molecule has 1 aromatic carbocycles. The number of aryl methyl sites for hydroxylation is 1. The highest BCUT2D eigenvalue weighted by atomic mass is 16.5. The number of para-hydroxylation sites is 1. The van der Waals surface area contributed by atoms with Crippen LogP contribution in [0.4, 0.5) is 17.2 Å². The molecule has 0 spiro atoms. The Hall–Kier alpha value is -3.15. The first-order chi connectivity index (χ1) is 11.7. The lowest BCUT2D eigenvalue weighted by Gasteiger charge is -2.16. The maximum Gasteiger partial charge on any atom is 0.276 e. The van der Waals surface area contributed by atoms with E-state index < -0.39 is 0 Å². The molecule has 3 aromatic rings. The van der Waals surface area contributed by atoms with Crippen molar-refractivity contribution >= 4 is 23.1 Å². The van der Waals surface area contributed by atoms with E-state index in [1.807, 2.05) is 31.2 Å². The fourth-order valence-electron chi connectivity index (χ4n) is 2.85. The zero-order valence-electron chi connectivity index (χ0n) is 13.2. The molecule has 0 aliphatic carbocycles. The van der Waals surface area contributed by atoms with Gasteiger partial charge in [0.25, 0.3) is 5.91 Å². The summed E-state index contributed by atoms with van der Waals surface area (Å²) in [7, 11) is 0. The zero-order chi connectivity index (χ0) is 16.5. The number of anilines is 3. The molecular weight excluding hydrogens is 304 g/mol. The molecule has 0 saturated carbocycles. The summed E-state index contributed by atoms with van der Waals surface area (Å²) in [5, 5.41) is 6.95. The lowest BCUT2D eigenvalue weighted by molar-refractivity contribution is 0.0984. The van der Waals surface area contributed by atoms with Gasteiger partial charge in [-0.25, -0.2) is 4.98 Å². The van der Waals surface area contributed by atoms with Gasteiger partial charge >= 0.3 is 0 Å². The Labute approximate surface area is 139 Å². The third-order valence-electron chi connectivity index (χ3n) is 4.02. The number of pyridine rings is 1. The molecule has 3 heterocycles. The molecule has 24 heavy (non-hydrogen) atoms. The number of rotatable bonds is 3. The number of benzene rings is 1. The van der Waals surface area contributed by atoms with Crippen LogP contribution in [0.15, 0.2) is 53.2 Å². The van der Waals surface area contributed by atoms with Gasteiger partial charge in [-0.3, -0.25) is 4.79 Å². The number of aromatic nitrogens is 2. The van der Waals surface area contributed by atoms with E-state index in [4.69, 9.17) is 4.52 Å². The van der Waals surface area contributed by atoms with Crippen molar-refractivity contribution in [3.63, 3.8) is 0 Å². The average molecular weight is 320 g/mol. The van der Waals surface area contributed by atoms with Crippen LogP contribution in [0.25, 0.3) is 0 Å². The largest absolute Gasteiger partial charge is 0.360 e. The molecule has 0 bridgehead atoms. The number of hydrogen-bond acceptors (Lipinski definition) is 5. The lowest BCUT2D eigenvalue weighted by atomic mass is 10.2. The number of hydrogen-bond donors (Lipinski definition) is 1. The molecule has 6 nitrogen and oxygen atoms in total. The quantitative estimate of drug-likeness (QED) is 0.801. The summed E-state index contributed by atoms with van der Waals surface area (Å²) in [6, 6.07) is 13.3. The van der Waals surface area contributed by atoms with E-state index in [2.05, 4.69) is 21.5 Å². The van der Waals surface area contributed by atoms with Gasteiger partial charge in [0.15, 0.2) is 5.82 Å². The van der Waals surface area contributed by atoms with Crippen LogP contribution in [0.2, 0.25) is 0 Å². The van der Waals surface area contributed by atoms with Gasteiger partial charge in [0.1, 0.15) is 11.5 Å². The standard InChI is InChI=1S/C18H16N4O2/c1-12-10-17(21-24-12)20-14-6-7-15(19-11-14)18(23)22-9-8-13-4-2-3-5-16(13)22/h2-7,10-11H,8-9H2,1H3,(H,20,21). The van der Waals surface area contributed by atoms with Crippen LogP contribution < -0.4 is 10.2 Å². The minimum Gasteiger partial charge on any atom is -0.360 e. The highest BCUT2D eigenvalue weighted by Crippen LogP contribution is 2.28. The molecule has 0 atom stereocenters. The molecule has 1 N–H and O–H groups in total. The third-order valence-corrected chi connectivity index (χ3v) is 4.02. The van der Waals surface area contributed by atoms with Crippen molar-refractivity contribution in [3.8, 4) is 0 Å². The van der Waals surface area contributed by atoms with E-state index in [9.17, 15) is 4.79 Å². The van der Waals surface area contributed by atoms with Gasteiger partial charge in [-0.2, -0.15) is 0 Å². The summed E-state index contributed by atoms with van der Waals surface area (Å²) in [5.41, 5.74) is 3.35. The second-order valence-electron chi connectivity index (χ2n) is 5.72. The normalized spacial score (nSPS) is 13.0. The van der Waals surface area contributed by atoms with Gasteiger partial charge in [-0.05, 0) is 37.1 Å². The van der Waals surface area contributed by atoms with E-state index in [0.29, 0.717) is 18.1 Å². The second-order valence-corrected chi connectivity index (χ2v) is 5.72. The first kappa shape index (κ1) is 14.4. The number of nitrogens with one attached hydrogen (secondary N) is 1. The maximum absolute atomic E-state index is 12.7. The Morgan fingerprint density at radius 1 is 1.25 bits per heavy atom. The van der Waals surface area contributed by atoms with Gasteiger partial charge in [-0.15, -0.1) is 0 Å². The molecule has 120 valence electrons. The Morgan fingerprint density at radius 3 is 2.88 bits per heavy atom. The number of amides is 1. The van der Waals surface area contributed by atoms with Crippen LogP contribution >= 0.6 is 0 Å². The summed E-state index contributed by atoms with van der Waals surface area (Å²) < 4.78 is 5.01.